The Labute approximate surface area is 175 Å². The van der Waals surface area contributed by atoms with E-state index in [4.69, 9.17) is 10.5 Å². The Morgan fingerprint density at radius 1 is 1.21 bits per heavy atom. The Kier molecular flexibility index (Phi) is 7.05. The normalized spacial score (nSPS) is 14.6. The third-order valence-electron chi connectivity index (χ3n) is 3.94. The summed E-state index contributed by atoms with van der Waals surface area (Å²) in [5, 5.41) is 10.2. The van der Waals surface area contributed by atoms with Gasteiger partial charge in [0.05, 0.1) is 10.6 Å². The second kappa shape index (κ2) is 9.52. The summed E-state index contributed by atoms with van der Waals surface area (Å²) in [5.74, 6) is -1.13. The van der Waals surface area contributed by atoms with Crippen LogP contribution in [-0.2, 0) is 24.3 Å². The summed E-state index contributed by atoms with van der Waals surface area (Å²) in [6, 6.07) is 5.89. The molecule has 0 unspecified atom stereocenters. The number of sulfonamides is 1. The lowest BCUT2D eigenvalue weighted by Gasteiger charge is -2.15. The molecule has 1 aliphatic heterocycles. The molecule has 1 amide bonds. The van der Waals surface area contributed by atoms with Crippen molar-refractivity contribution in [2.45, 2.75) is 22.1 Å². The van der Waals surface area contributed by atoms with E-state index < -0.39 is 28.5 Å². The van der Waals surface area contributed by atoms with Gasteiger partial charge < -0.3 is 15.8 Å². The van der Waals surface area contributed by atoms with Gasteiger partial charge in [0.25, 0.3) is 5.91 Å². The van der Waals surface area contributed by atoms with E-state index >= 15 is 0 Å². The van der Waals surface area contributed by atoms with Gasteiger partial charge in [0.2, 0.25) is 15.2 Å². The van der Waals surface area contributed by atoms with Crippen molar-refractivity contribution in [3.8, 4) is 0 Å². The minimum Gasteiger partial charge on any atom is -0.455 e. The maximum Gasteiger partial charge on any atom is 0.316 e. The van der Waals surface area contributed by atoms with Crippen molar-refractivity contribution in [3.05, 3.63) is 24.3 Å². The number of esters is 1. The molecule has 156 valence electrons. The molecule has 2 aromatic rings. The lowest BCUT2D eigenvalue weighted by atomic mass is 10.3. The molecule has 10 nitrogen and oxygen atoms in total. The van der Waals surface area contributed by atoms with E-state index in [1.165, 1.54) is 28.6 Å². The molecular weight excluding hydrogens is 438 g/mol. The molecule has 2 heterocycles. The maximum atomic E-state index is 12.5. The lowest BCUT2D eigenvalue weighted by molar-refractivity contribution is -0.144. The zero-order chi connectivity index (χ0) is 20.9. The highest BCUT2D eigenvalue weighted by Gasteiger charge is 2.26. The van der Waals surface area contributed by atoms with Gasteiger partial charge in [-0.2, -0.15) is 4.31 Å². The van der Waals surface area contributed by atoms with Crippen LogP contribution in [0.2, 0.25) is 0 Å². The van der Waals surface area contributed by atoms with Crippen LogP contribution >= 0.6 is 23.1 Å². The number of carbonyl (C=O) groups is 2. The van der Waals surface area contributed by atoms with Gasteiger partial charge in [0.1, 0.15) is 0 Å². The Bertz CT molecular complexity index is 971. The van der Waals surface area contributed by atoms with Crippen molar-refractivity contribution in [2.75, 3.05) is 36.5 Å². The fourth-order valence-corrected chi connectivity index (χ4v) is 5.52. The molecule has 3 N–H and O–H groups in total. The van der Waals surface area contributed by atoms with Crippen LogP contribution in [-0.4, -0.2) is 60.2 Å². The molecule has 1 fully saturated rings. The molecule has 29 heavy (non-hydrogen) atoms. The number of nitrogens with zero attached hydrogens (tertiary/aromatic N) is 3. The molecule has 0 aliphatic carbocycles. The Morgan fingerprint density at radius 3 is 2.52 bits per heavy atom. The number of ether oxygens (including phenoxy) is 1. The highest BCUT2D eigenvalue weighted by molar-refractivity contribution is 8.01. The molecule has 13 heteroatoms. The first kappa shape index (κ1) is 21.5. The zero-order valence-electron chi connectivity index (χ0n) is 15.2. The monoisotopic (exact) mass is 457 g/mol. The molecule has 1 aromatic heterocycles. The third-order valence-corrected chi connectivity index (χ3v) is 7.71. The topological polar surface area (TPSA) is 145 Å². The largest absolute Gasteiger partial charge is 0.455 e. The second-order valence-corrected chi connectivity index (χ2v) is 10.2. The number of nitrogens with two attached hydrogens (primary N) is 1. The molecule has 1 saturated heterocycles. The molecular formula is C16H19N5O5S3. The van der Waals surface area contributed by atoms with Gasteiger partial charge in [-0.25, -0.2) is 8.42 Å². The number of nitrogens with one attached hydrogen (secondary N) is 1. The van der Waals surface area contributed by atoms with Gasteiger partial charge in [-0.3, -0.25) is 9.59 Å². The van der Waals surface area contributed by atoms with Gasteiger partial charge in [-0.1, -0.05) is 23.1 Å². The number of amides is 1. The van der Waals surface area contributed by atoms with Gasteiger partial charge in [0, 0.05) is 18.8 Å². The minimum absolute atomic E-state index is 0.0228. The van der Waals surface area contributed by atoms with Crippen LogP contribution in [0.4, 0.5) is 10.8 Å². The summed E-state index contributed by atoms with van der Waals surface area (Å²) in [6.07, 6.45) is 1.72. The third kappa shape index (κ3) is 5.88. The summed E-state index contributed by atoms with van der Waals surface area (Å²) in [5.41, 5.74) is 5.86. The van der Waals surface area contributed by atoms with E-state index in [1.807, 2.05) is 0 Å². The average molecular weight is 458 g/mol. The molecule has 0 atom stereocenters. The number of rotatable bonds is 8. The SMILES string of the molecule is Nc1nnc(SCC(=O)OCC(=O)Nc2ccc(S(=O)(=O)N3CCCC3)cc2)s1. The number of aromatic nitrogens is 2. The number of anilines is 2. The van der Waals surface area contributed by atoms with Crippen LogP contribution in [0.25, 0.3) is 0 Å². The first-order valence-corrected chi connectivity index (χ1v) is 11.9. The zero-order valence-corrected chi connectivity index (χ0v) is 17.7. The average Bonchev–Trinajstić information content (AvgIpc) is 3.37. The number of thioether (sulfide) groups is 1. The number of nitrogen functional groups attached to an aromatic ring is 1. The standard InChI is InChI=1S/C16H19N5O5S3/c17-15-19-20-16(28-15)27-10-14(23)26-9-13(22)18-11-3-5-12(6-4-11)29(24,25)21-7-1-2-8-21/h3-6H,1-2,7-10H2,(H2,17,19)(H,18,22). The molecule has 0 spiro atoms. The van der Waals surface area contributed by atoms with E-state index in [9.17, 15) is 18.0 Å². The van der Waals surface area contributed by atoms with Gasteiger partial charge in [-0.05, 0) is 37.1 Å². The predicted molar refractivity (Wildman–Crippen MR) is 109 cm³/mol. The van der Waals surface area contributed by atoms with E-state index in [0.717, 1.165) is 35.9 Å². The van der Waals surface area contributed by atoms with E-state index in [1.54, 1.807) is 0 Å². The van der Waals surface area contributed by atoms with Crippen LogP contribution in [0.5, 0.6) is 0 Å². The van der Waals surface area contributed by atoms with E-state index in [-0.39, 0.29) is 10.6 Å². The first-order chi connectivity index (χ1) is 13.8. The molecule has 1 aliphatic rings. The number of hydrogen-bond acceptors (Lipinski definition) is 10. The number of hydrogen-bond donors (Lipinski definition) is 2. The Hall–Kier alpha value is -2.22. The number of benzene rings is 1. The summed E-state index contributed by atoms with van der Waals surface area (Å²) in [7, 11) is -3.50. The summed E-state index contributed by atoms with van der Waals surface area (Å²) in [6.45, 7) is 0.597. The van der Waals surface area contributed by atoms with E-state index in [2.05, 4.69) is 15.5 Å². The molecule has 3 rings (SSSR count). The Morgan fingerprint density at radius 2 is 1.90 bits per heavy atom. The van der Waals surface area contributed by atoms with Crippen molar-refractivity contribution in [1.29, 1.82) is 0 Å². The molecule has 0 radical (unpaired) electrons. The van der Waals surface area contributed by atoms with E-state index in [0.29, 0.717) is 28.2 Å². The van der Waals surface area contributed by atoms with Gasteiger partial charge in [0.15, 0.2) is 10.9 Å². The van der Waals surface area contributed by atoms with Crippen molar-refractivity contribution >= 4 is 55.8 Å². The van der Waals surface area contributed by atoms with Crippen LogP contribution in [0.1, 0.15) is 12.8 Å². The molecule has 0 bridgehead atoms. The fraction of sp³-hybridized carbons (Fsp3) is 0.375. The van der Waals surface area contributed by atoms with Crippen LogP contribution in [0, 0.1) is 0 Å². The maximum absolute atomic E-state index is 12.5. The minimum atomic E-state index is -3.50. The summed E-state index contributed by atoms with van der Waals surface area (Å²) >= 11 is 2.27. The quantitative estimate of drug-likeness (QED) is 0.441. The summed E-state index contributed by atoms with van der Waals surface area (Å²) in [4.78, 5) is 23.8. The predicted octanol–water partition coefficient (Wildman–Crippen LogP) is 1.18. The highest BCUT2D eigenvalue weighted by Crippen LogP contribution is 2.24. The van der Waals surface area contributed by atoms with Crippen LogP contribution in [0.3, 0.4) is 0 Å². The van der Waals surface area contributed by atoms with Crippen LogP contribution < -0.4 is 11.1 Å². The van der Waals surface area contributed by atoms with Gasteiger partial charge in [-0.15, -0.1) is 10.2 Å². The fourth-order valence-electron chi connectivity index (χ4n) is 2.57. The van der Waals surface area contributed by atoms with Crippen LogP contribution in [0.15, 0.2) is 33.5 Å². The summed E-state index contributed by atoms with van der Waals surface area (Å²) < 4.78 is 31.8. The molecule has 0 saturated carbocycles. The number of carbonyl (C=O) groups excluding carboxylic acids is 2. The van der Waals surface area contributed by atoms with Crippen molar-refractivity contribution < 1.29 is 22.7 Å². The van der Waals surface area contributed by atoms with Crippen molar-refractivity contribution in [2.24, 2.45) is 0 Å². The molecule has 1 aromatic carbocycles. The Balaban J connectivity index is 1.44. The van der Waals surface area contributed by atoms with Gasteiger partial charge >= 0.3 is 5.97 Å². The smallest absolute Gasteiger partial charge is 0.316 e. The van der Waals surface area contributed by atoms with Crippen molar-refractivity contribution in [3.63, 3.8) is 0 Å². The first-order valence-electron chi connectivity index (χ1n) is 8.62. The lowest BCUT2D eigenvalue weighted by Crippen LogP contribution is -2.27. The second-order valence-electron chi connectivity index (χ2n) is 6.04. The highest BCUT2D eigenvalue weighted by atomic mass is 32.2. The van der Waals surface area contributed by atoms with Crippen molar-refractivity contribution in [1.82, 2.24) is 14.5 Å².